The van der Waals surface area contributed by atoms with Gasteiger partial charge >= 0.3 is 0 Å². The van der Waals surface area contributed by atoms with Crippen molar-refractivity contribution in [2.45, 2.75) is 59.4 Å². The van der Waals surface area contributed by atoms with E-state index in [1.54, 1.807) is 23.7 Å². The van der Waals surface area contributed by atoms with E-state index in [4.69, 9.17) is 0 Å². The first-order valence-electron chi connectivity index (χ1n) is 8.47. The van der Waals surface area contributed by atoms with E-state index in [9.17, 15) is 4.79 Å². The molecule has 1 fully saturated rings. The Hall–Kier alpha value is -1.75. The summed E-state index contributed by atoms with van der Waals surface area (Å²) in [4.78, 5) is 23.2. The van der Waals surface area contributed by atoms with Gasteiger partial charge in [-0.15, -0.1) is 11.3 Å². The summed E-state index contributed by atoms with van der Waals surface area (Å²) in [6, 6.07) is 1.84. The van der Waals surface area contributed by atoms with Gasteiger partial charge in [-0.05, 0) is 49.7 Å². The average Bonchev–Trinajstić information content (AvgIpc) is 3.25. The number of amides is 1. The second-order valence-electron chi connectivity index (χ2n) is 7.77. The standard InChI is InChI=1S/C19H25N3OS/c1-12-8-15(10-20-9-12)17(23)21-18-22(11-14-6-7-14)13(2)16(24-18)19(3,4)5/h8-10,14H,6-7,11H2,1-5H3. The van der Waals surface area contributed by atoms with Gasteiger partial charge in [0.05, 0.1) is 5.56 Å². The van der Waals surface area contributed by atoms with Gasteiger partial charge in [-0.2, -0.15) is 4.99 Å². The maximum absolute atomic E-state index is 12.6. The van der Waals surface area contributed by atoms with E-state index in [1.807, 2.05) is 13.0 Å². The van der Waals surface area contributed by atoms with Gasteiger partial charge in [0, 0.05) is 29.5 Å². The summed E-state index contributed by atoms with van der Waals surface area (Å²) < 4.78 is 2.24. The highest BCUT2D eigenvalue weighted by Crippen LogP contribution is 2.33. The summed E-state index contributed by atoms with van der Waals surface area (Å²) in [5, 5.41) is 0. The molecule has 1 aliphatic carbocycles. The molecule has 2 heterocycles. The topological polar surface area (TPSA) is 47.2 Å². The van der Waals surface area contributed by atoms with E-state index in [2.05, 4.69) is 42.2 Å². The fraction of sp³-hybridized carbons (Fsp3) is 0.526. The van der Waals surface area contributed by atoms with Gasteiger partial charge in [0.2, 0.25) is 0 Å². The lowest BCUT2D eigenvalue weighted by atomic mass is 9.93. The van der Waals surface area contributed by atoms with Crippen LogP contribution < -0.4 is 4.80 Å². The summed E-state index contributed by atoms with van der Waals surface area (Å²) in [6.45, 7) is 11.7. The van der Waals surface area contributed by atoms with Crippen LogP contribution in [-0.2, 0) is 12.0 Å². The zero-order valence-corrected chi connectivity index (χ0v) is 15.9. The lowest BCUT2D eigenvalue weighted by Gasteiger charge is -2.17. The number of aromatic nitrogens is 2. The van der Waals surface area contributed by atoms with Crippen molar-refractivity contribution in [1.29, 1.82) is 0 Å². The van der Waals surface area contributed by atoms with Crippen LogP contribution in [0, 0.1) is 19.8 Å². The Balaban J connectivity index is 2.06. The van der Waals surface area contributed by atoms with Crippen molar-refractivity contribution in [3.8, 4) is 0 Å². The quantitative estimate of drug-likeness (QED) is 0.845. The van der Waals surface area contributed by atoms with Crippen molar-refractivity contribution in [3.63, 3.8) is 0 Å². The SMILES string of the molecule is Cc1cncc(C(=O)N=c2sc(C(C)(C)C)c(C)n2CC2CC2)c1. The van der Waals surface area contributed by atoms with Crippen LogP contribution in [0.1, 0.15) is 60.1 Å². The number of carbonyl (C=O) groups excluding carboxylic acids is 1. The van der Waals surface area contributed by atoms with Crippen molar-refractivity contribution in [3.05, 3.63) is 45.0 Å². The van der Waals surface area contributed by atoms with Crippen LogP contribution in [0.2, 0.25) is 0 Å². The van der Waals surface area contributed by atoms with Crippen molar-refractivity contribution in [2.24, 2.45) is 10.9 Å². The van der Waals surface area contributed by atoms with Gasteiger partial charge in [0.1, 0.15) is 0 Å². The molecule has 128 valence electrons. The maximum atomic E-state index is 12.6. The zero-order valence-electron chi connectivity index (χ0n) is 15.1. The first-order chi connectivity index (χ1) is 11.3. The number of carbonyl (C=O) groups is 1. The Morgan fingerprint density at radius 1 is 1.33 bits per heavy atom. The van der Waals surface area contributed by atoms with Crippen LogP contribution in [0.15, 0.2) is 23.5 Å². The molecule has 0 bridgehead atoms. The molecule has 0 radical (unpaired) electrons. The molecular formula is C19H25N3OS. The van der Waals surface area contributed by atoms with Gasteiger partial charge in [-0.1, -0.05) is 20.8 Å². The molecule has 2 aromatic heterocycles. The molecule has 4 nitrogen and oxygen atoms in total. The minimum Gasteiger partial charge on any atom is -0.320 e. The highest BCUT2D eigenvalue weighted by molar-refractivity contribution is 7.09. The maximum Gasteiger partial charge on any atom is 0.281 e. The number of nitrogens with zero attached hydrogens (tertiary/aromatic N) is 3. The molecule has 24 heavy (non-hydrogen) atoms. The third-order valence-corrected chi connectivity index (χ3v) is 5.90. The molecule has 0 spiro atoms. The van der Waals surface area contributed by atoms with Gasteiger partial charge in [0.15, 0.2) is 4.80 Å². The number of thiazole rings is 1. The molecule has 3 rings (SSSR count). The Morgan fingerprint density at radius 3 is 2.62 bits per heavy atom. The molecule has 0 N–H and O–H groups in total. The molecule has 2 aromatic rings. The van der Waals surface area contributed by atoms with E-state index >= 15 is 0 Å². The van der Waals surface area contributed by atoms with Crippen molar-refractivity contribution in [2.75, 3.05) is 0 Å². The summed E-state index contributed by atoms with van der Waals surface area (Å²) in [7, 11) is 0. The van der Waals surface area contributed by atoms with Crippen molar-refractivity contribution < 1.29 is 4.79 Å². The largest absolute Gasteiger partial charge is 0.320 e. The minimum atomic E-state index is -0.211. The van der Waals surface area contributed by atoms with Crippen LogP contribution in [0.4, 0.5) is 0 Å². The van der Waals surface area contributed by atoms with E-state index in [1.165, 1.54) is 23.4 Å². The van der Waals surface area contributed by atoms with Crippen molar-refractivity contribution in [1.82, 2.24) is 9.55 Å². The van der Waals surface area contributed by atoms with Gasteiger partial charge in [-0.3, -0.25) is 9.78 Å². The number of hydrogen-bond acceptors (Lipinski definition) is 3. The number of hydrogen-bond donors (Lipinski definition) is 0. The van der Waals surface area contributed by atoms with E-state index < -0.39 is 0 Å². The Kier molecular flexibility index (Phi) is 4.47. The fourth-order valence-corrected chi connectivity index (χ4v) is 4.06. The molecule has 0 saturated heterocycles. The van der Waals surface area contributed by atoms with Gasteiger partial charge in [-0.25, -0.2) is 0 Å². The monoisotopic (exact) mass is 343 g/mol. The zero-order chi connectivity index (χ0) is 17.5. The molecule has 1 saturated carbocycles. The molecule has 0 aromatic carbocycles. The van der Waals surface area contributed by atoms with E-state index in [0.29, 0.717) is 5.56 Å². The first-order valence-corrected chi connectivity index (χ1v) is 9.29. The van der Waals surface area contributed by atoms with E-state index in [0.717, 1.165) is 22.8 Å². The number of aryl methyl sites for hydroxylation is 1. The Labute approximate surface area is 147 Å². The highest BCUT2D eigenvalue weighted by atomic mass is 32.1. The lowest BCUT2D eigenvalue weighted by molar-refractivity contribution is 0.0997. The predicted octanol–water partition coefficient (Wildman–Crippen LogP) is 4.01. The first kappa shape index (κ1) is 17.1. The smallest absolute Gasteiger partial charge is 0.281 e. The molecule has 0 unspecified atom stereocenters. The third-order valence-electron chi connectivity index (χ3n) is 4.30. The molecule has 1 amide bonds. The fourth-order valence-electron chi connectivity index (χ4n) is 2.86. The summed E-state index contributed by atoms with van der Waals surface area (Å²) >= 11 is 1.65. The molecular weight excluding hydrogens is 318 g/mol. The van der Waals surface area contributed by atoms with Crippen LogP contribution in [0.5, 0.6) is 0 Å². The summed E-state index contributed by atoms with van der Waals surface area (Å²) in [6.07, 6.45) is 5.90. The molecule has 1 aliphatic rings. The minimum absolute atomic E-state index is 0.0573. The Morgan fingerprint density at radius 2 is 2.04 bits per heavy atom. The van der Waals surface area contributed by atoms with Crippen LogP contribution in [0.25, 0.3) is 0 Å². The van der Waals surface area contributed by atoms with Crippen LogP contribution in [-0.4, -0.2) is 15.5 Å². The van der Waals surface area contributed by atoms with Gasteiger partial charge < -0.3 is 4.57 Å². The van der Waals surface area contributed by atoms with E-state index in [-0.39, 0.29) is 11.3 Å². The Bertz CT molecular complexity index is 835. The number of pyridine rings is 1. The lowest BCUT2D eigenvalue weighted by Crippen LogP contribution is -2.20. The second-order valence-corrected chi connectivity index (χ2v) is 8.75. The van der Waals surface area contributed by atoms with Crippen molar-refractivity contribution >= 4 is 17.2 Å². The summed E-state index contributed by atoms with van der Waals surface area (Å²) in [5.41, 5.74) is 2.83. The molecule has 0 aliphatic heterocycles. The van der Waals surface area contributed by atoms with Gasteiger partial charge in [0.25, 0.3) is 5.91 Å². The molecule has 5 heteroatoms. The molecule has 0 atom stereocenters. The number of rotatable bonds is 3. The third kappa shape index (κ3) is 3.66. The normalized spacial score (nSPS) is 15.8. The average molecular weight is 343 g/mol. The van der Waals surface area contributed by atoms with Crippen LogP contribution >= 0.6 is 11.3 Å². The second kappa shape index (κ2) is 6.28. The van der Waals surface area contributed by atoms with Crippen LogP contribution in [0.3, 0.4) is 0 Å². The predicted molar refractivity (Wildman–Crippen MR) is 97.3 cm³/mol. The highest BCUT2D eigenvalue weighted by Gasteiger charge is 2.27. The summed E-state index contributed by atoms with van der Waals surface area (Å²) in [5.74, 6) is 0.526.